The van der Waals surface area contributed by atoms with Gasteiger partial charge in [0.05, 0.1) is 5.56 Å². The minimum atomic E-state index is -4.59. The molecule has 0 radical (unpaired) electrons. The molecule has 0 bridgehead atoms. The van der Waals surface area contributed by atoms with Crippen molar-refractivity contribution in [1.29, 1.82) is 0 Å². The summed E-state index contributed by atoms with van der Waals surface area (Å²) in [6.45, 7) is 2.10. The van der Waals surface area contributed by atoms with Crippen molar-refractivity contribution in [2.75, 3.05) is 26.2 Å². The summed E-state index contributed by atoms with van der Waals surface area (Å²) in [6, 6.07) is 2.43. The molecule has 0 unspecified atom stereocenters. The molecule has 7 heteroatoms. The molecule has 1 heterocycles. The van der Waals surface area contributed by atoms with E-state index in [1.54, 1.807) is 0 Å². The minimum absolute atomic E-state index is 0.144. The van der Waals surface area contributed by atoms with E-state index in [1.165, 1.54) is 4.90 Å². The number of nitrogens with one attached hydrogen (secondary N) is 1. The molecule has 1 aromatic rings. The summed E-state index contributed by atoms with van der Waals surface area (Å²) in [5.74, 6) is -1.06. The van der Waals surface area contributed by atoms with Gasteiger partial charge >= 0.3 is 6.18 Å². The zero-order valence-corrected chi connectivity index (χ0v) is 10.00. The van der Waals surface area contributed by atoms with Crippen LogP contribution < -0.4 is 5.32 Å². The van der Waals surface area contributed by atoms with Crippen LogP contribution in [-0.4, -0.2) is 42.1 Å². The number of phenols is 1. The van der Waals surface area contributed by atoms with Crippen molar-refractivity contribution in [3.8, 4) is 5.75 Å². The molecule has 104 valence electrons. The molecule has 1 amide bonds. The SMILES string of the molecule is O=C(c1cc(O)cc(C(F)(F)F)c1)N1CCNCC1. The minimum Gasteiger partial charge on any atom is -0.508 e. The van der Waals surface area contributed by atoms with Gasteiger partial charge in [0.25, 0.3) is 5.91 Å². The highest BCUT2D eigenvalue weighted by atomic mass is 19.4. The molecule has 4 nitrogen and oxygen atoms in total. The van der Waals surface area contributed by atoms with Crippen LogP contribution in [0.15, 0.2) is 18.2 Å². The average Bonchev–Trinajstić information content (AvgIpc) is 2.37. The van der Waals surface area contributed by atoms with Crippen LogP contribution in [0.5, 0.6) is 5.75 Å². The van der Waals surface area contributed by atoms with Gasteiger partial charge in [-0.05, 0) is 18.2 Å². The van der Waals surface area contributed by atoms with E-state index >= 15 is 0 Å². The van der Waals surface area contributed by atoms with E-state index in [0.29, 0.717) is 32.2 Å². The fourth-order valence-electron chi connectivity index (χ4n) is 1.95. The Morgan fingerprint density at radius 3 is 2.42 bits per heavy atom. The summed E-state index contributed by atoms with van der Waals surface area (Å²) >= 11 is 0. The van der Waals surface area contributed by atoms with Crippen molar-refractivity contribution in [1.82, 2.24) is 10.2 Å². The van der Waals surface area contributed by atoms with Crippen molar-refractivity contribution in [2.45, 2.75) is 6.18 Å². The number of carbonyl (C=O) groups excluding carboxylic acids is 1. The number of phenolic OH excluding ortho intramolecular Hbond substituents is 1. The first-order valence-corrected chi connectivity index (χ1v) is 5.79. The Labute approximate surface area is 107 Å². The highest BCUT2D eigenvalue weighted by molar-refractivity contribution is 5.95. The molecule has 2 rings (SSSR count). The lowest BCUT2D eigenvalue weighted by atomic mass is 10.1. The summed E-state index contributed by atoms with van der Waals surface area (Å²) in [5.41, 5.74) is -1.17. The molecule has 2 N–H and O–H groups in total. The van der Waals surface area contributed by atoms with E-state index in [2.05, 4.69) is 5.32 Å². The van der Waals surface area contributed by atoms with Crippen LogP contribution in [0.2, 0.25) is 0 Å². The molecule has 0 spiro atoms. The monoisotopic (exact) mass is 274 g/mol. The number of hydrogen-bond acceptors (Lipinski definition) is 3. The Balaban J connectivity index is 2.28. The molecule has 0 atom stereocenters. The molecule has 1 fully saturated rings. The highest BCUT2D eigenvalue weighted by Crippen LogP contribution is 2.32. The molecule has 0 aromatic heterocycles. The lowest BCUT2D eigenvalue weighted by molar-refractivity contribution is -0.137. The smallest absolute Gasteiger partial charge is 0.416 e. The third kappa shape index (κ3) is 3.17. The first kappa shape index (κ1) is 13.7. The van der Waals surface area contributed by atoms with E-state index in [4.69, 9.17) is 0 Å². The maximum Gasteiger partial charge on any atom is 0.416 e. The third-order valence-electron chi connectivity index (χ3n) is 2.90. The van der Waals surface area contributed by atoms with Gasteiger partial charge in [-0.2, -0.15) is 13.2 Å². The Hall–Kier alpha value is -1.76. The van der Waals surface area contributed by atoms with E-state index in [0.717, 1.165) is 12.1 Å². The largest absolute Gasteiger partial charge is 0.508 e. The molecule has 1 aliphatic heterocycles. The van der Waals surface area contributed by atoms with Gasteiger partial charge in [-0.25, -0.2) is 0 Å². The zero-order chi connectivity index (χ0) is 14.0. The lowest BCUT2D eigenvalue weighted by Crippen LogP contribution is -2.46. The lowest BCUT2D eigenvalue weighted by Gasteiger charge is -2.27. The van der Waals surface area contributed by atoms with Crippen LogP contribution in [0.3, 0.4) is 0 Å². The number of alkyl halides is 3. The predicted molar refractivity (Wildman–Crippen MR) is 61.9 cm³/mol. The molecule has 0 aliphatic carbocycles. The number of rotatable bonds is 1. The molecular formula is C12H13F3N2O2. The quantitative estimate of drug-likeness (QED) is 0.815. The van der Waals surface area contributed by atoms with Crippen molar-refractivity contribution in [3.63, 3.8) is 0 Å². The average molecular weight is 274 g/mol. The van der Waals surface area contributed by atoms with Gasteiger partial charge in [-0.15, -0.1) is 0 Å². The van der Waals surface area contributed by atoms with Crippen LogP contribution in [0.1, 0.15) is 15.9 Å². The molecular weight excluding hydrogens is 261 g/mol. The number of aromatic hydroxyl groups is 1. The van der Waals surface area contributed by atoms with Crippen LogP contribution in [0, 0.1) is 0 Å². The van der Waals surface area contributed by atoms with Gasteiger partial charge in [0.2, 0.25) is 0 Å². The number of benzene rings is 1. The number of nitrogens with zero attached hydrogens (tertiary/aromatic N) is 1. The van der Waals surface area contributed by atoms with Crippen LogP contribution in [-0.2, 0) is 6.18 Å². The van der Waals surface area contributed by atoms with Gasteiger partial charge in [0, 0.05) is 31.7 Å². The van der Waals surface area contributed by atoms with Crippen LogP contribution in [0.25, 0.3) is 0 Å². The number of piperazine rings is 1. The van der Waals surface area contributed by atoms with Gasteiger partial charge in [-0.1, -0.05) is 0 Å². The Morgan fingerprint density at radius 1 is 1.21 bits per heavy atom. The second kappa shape index (κ2) is 5.08. The summed E-state index contributed by atoms with van der Waals surface area (Å²) in [7, 11) is 0. The summed E-state index contributed by atoms with van der Waals surface area (Å²) < 4.78 is 37.8. The van der Waals surface area contributed by atoms with Crippen LogP contribution >= 0.6 is 0 Å². The van der Waals surface area contributed by atoms with Gasteiger partial charge in [0.1, 0.15) is 5.75 Å². The molecule has 19 heavy (non-hydrogen) atoms. The number of halogens is 3. The second-order valence-electron chi connectivity index (χ2n) is 4.31. The van der Waals surface area contributed by atoms with E-state index < -0.39 is 23.4 Å². The predicted octanol–water partition coefficient (Wildman–Crippen LogP) is 1.46. The first-order valence-electron chi connectivity index (χ1n) is 5.79. The summed E-state index contributed by atoms with van der Waals surface area (Å²) in [4.78, 5) is 13.5. The first-order chi connectivity index (χ1) is 8.88. The molecule has 1 aliphatic rings. The van der Waals surface area contributed by atoms with Crippen molar-refractivity contribution in [3.05, 3.63) is 29.3 Å². The normalized spacial score (nSPS) is 16.5. The van der Waals surface area contributed by atoms with Gasteiger partial charge in [0.15, 0.2) is 0 Å². The maximum atomic E-state index is 12.6. The highest BCUT2D eigenvalue weighted by Gasteiger charge is 2.32. The van der Waals surface area contributed by atoms with E-state index in [9.17, 15) is 23.1 Å². The summed E-state index contributed by atoms with van der Waals surface area (Å²) in [6.07, 6.45) is -4.59. The maximum absolute atomic E-state index is 12.6. The van der Waals surface area contributed by atoms with Crippen molar-refractivity contribution in [2.24, 2.45) is 0 Å². The third-order valence-corrected chi connectivity index (χ3v) is 2.90. The molecule has 1 aromatic carbocycles. The van der Waals surface area contributed by atoms with E-state index in [1.807, 2.05) is 0 Å². The number of carbonyl (C=O) groups is 1. The van der Waals surface area contributed by atoms with E-state index in [-0.39, 0.29) is 5.56 Å². The molecule has 0 saturated carbocycles. The van der Waals surface area contributed by atoms with Gasteiger partial charge < -0.3 is 15.3 Å². The Bertz CT molecular complexity index is 482. The topological polar surface area (TPSA) is 52.6 Å². The van der Waals surface area contributed by atoms with Gasteiger partial charge in [-0.3, -0.25) is 4.79 Å². The van der Waals surface area contributed by atoms with Crippen molar-refractivity contribution < 1.29 is 23.1 Å². The number of hydrogen-bond donors (Lipinski definition) is 2. The zero-order valence-electron chi connectivity index (χ0n) is 10.00. The Kier molecular flexibility index (Phi) is 3.66. The fraction of sp³-hybridized carbons (Fsp3) is 0.417. The van der Waals surface area contributed by atoms with Crippen LogP contribution in [0.4, 0.5) is 13.2 Å². The number of amides is 1. The van der Waals surface area contributed by atoms with Crippen molar-refractivity contribution >= 4 is 5.91 Å². The molecule has 1 saturated heterocycles. The Morgan fingerprint density at radius 2 is 1.84 bits per heavy atom. The standard InChI is InChI=1S/C12H13F3N2O2/c13-12(14,15)9-5-8(6-10(18)7-9)11(19)17-3-1-16-2-4-17/h5-7,16,18H,1-4H2. The second-order valence-corrected chi connectivity index (χ2v) is 4.31. The summed E-state index contributed by atoms with van der Waals surface area (Å²) in [5, 5.41) is 12.4. The fourth-order valence-corrected chi connectivity index (χ4v) is 1.95.